The standard InChI is InChI=1S/C72H58O11S2.3CH4/c1-3-48-16-24-55(25-17-48)72(64-13-7-5-11-62(64)63-12-6-8-14-65(63)72)56-30-40-60(41-31-56)80-58-34-21-50(22-35-58)69(73)49-19-32-57(33-20-49)79-59-36-26-53(27-37-59)71(43-9-4-10-44-71)54-28-38-61(39-29-54)81-66-42-23-51(45-67(66)84-83-82-75)70(74)52-18-15-47(2)68(46-52)85(76,77)78;;;/h5-8,11-42,45-46,75H,3-4,9-10,43-44H2,1-2H3,(H,76,77,78);3*1H4. The third kappa shape index (κ3) is 12.5. The number of ketones is 2. The fraction of sp³-hybridized carbons (Fsp3) is 0.173. The molecule has 10 aromatic carbocycles. The van der Waals surface area contributed by atoms with Gasteiger partial charge in [-0.15, -0.1) is 4.33 Å². The van der Waals surface area contributed by atoms with Crippen LogP contribution in [0.4, 0.5) is 0 Å². The van der Waals surface area contributed by atoms with Crippen molar-refractivity contribution >= 4 is 33.7 Å². The molecule has 2 aliphatic carbocycles. The molecule has 0 spiro atoms. The number of hydrogen-bond donors (Lipinski definition) is 2. The minimum absolute atomic E-state index is 0. The fourth-order valence-corrected chi connectivity index (χ4v) is 13.5. The van der Waals surface area contributed by atoms with E-state index in [9.17, 15) is 22.6 Å². The van der Waals surface area contributed by atoms with Crippen molar-refractivity contribution in [3.8, 4) is 45.6 Å². The maximum Gasteiger partial charge on any atom is 0.294 e. The van der Waals surface area contributed by atoms with Crippen LogP contribution in [0.2, 0.25) is 0 Å². The molecule has 10 aromatic rings. The summed E-state index contributed by atoms with van der Waals surface area (Å²) in [6.07, 6.45) is 6.16. The molecule has 448 valence electrons. The van der Waals surface area contributed by atoms with E-state index in [0.717, 1.165) is 55.7 Å². The van der Waals surface area contributed by atoms with Crippen LogP contribution in [-0.4, -0.2) is 29.8 Å². The normalized spacial score (nSPS) is 13.5. The van der Waals surface area contributed by atoms with E-state index in [1.165, 1.54) is 70.1 Å². The van der Waals surface area contributed by atoms with Gasteiger partial charge in [0.1, 0.15) is 34.5 Å². The van der Waals surface area contributed by atoms with Crippen molar-refractivity contribution in [1.82, 2.24) is 0 Å². The highest BCUT2D eigenvalue weighted by atomic mass is 32.2. The summed E-state index contributed by atoms with van der Waals surface area (Å²) in [5.41, 5.74) is 11.8. The molecule has 0 aromatic heterocycles. The summed E-state index contributed by atoms with van der Waals surface area (Å²) in [5.74, 6) is 2.75. The Labute approximate surface area is 520 Å². The molecule has 0 atom stereocenters. The highest BCUT2D eigenvalue weighted by molar-refractivity contribution is 7.94. The molecule has 0 saturated heterocycles. The van der Waals surface area contributed by atoms with E-state index >= 15 is 0 Å². The van der Waals surface area contributed by atoms with Crippen LogP contribution in [-0.2, 0) is 36.7 Å². The quantitative estimate of drug-likeness (QED) is 0.0260. The maximum absolute atomic E-state index is 13.8. The van der Waals surface area contributed by atoms with Gasteiger partial charge < -0.3 is 14.2 Å². The first-order valence-corrected chi connectivity index (χ1v) is 30.3. The number of aryl methyl sites for hydroxylation is 2. The third-order valence-corrected chi connectivity index (χ3v) is 18.2. The second-order valence-corrected chi connectivity index (χ2v) is 23.6. The third-order valence-electron chi connectivity index (χ3n) is 16.6. The molecular formula is C75H70O11S2. The Bertz CT molecular complexity index is 4150. The van der Waals surface area contributed by atoms with Crippen LogP contribution in [0.1, 0.15) is 138 Å². The van der Waals surface area contributed by atoms with Gasteiger partial charge >= 0.3 is 0 Å². The van der Waals surface area contributed by atoms with E-state index in [1.54, 1.807) is 42.5 Å². The summed E-state index contributed by atoms with van der Waals surface area (Å²) < 4.78 is 57.3. The molecule has 12 rings (SSSR count). The minimum Gasteiger partial charge on any atom is -0.457 e. The molecule has 0 bridgehead atoms. The first kappa shape index (κ1) is 63.6. The summed E-state index contributed by atoms with van der Waals surface area (Å²) in [6, 6.07) is 74.0. The van der Waals surface area contributed by atoms with E-state index in [-0.39, 0.29) is 60.0 Å². The summed E-state index contributed by atoms with van der Waals surface area (Å²) in [6.45, 7) is 3.70. The molecule has 88 heavy (non-hydrogen) atoms. The lowest BCUT2D eigenvalue weighted by Crippen LogP contribution is -2.30. The Morgan fingerprint density at radius 1 is 0.489 bits per heavy atom. The molecule has 1 fully saturated rings. The number of fused-ring (bicyclic) bond motifs is 3. The molecule has 0 radical (unpaired) electrons. The minimum atomic E-state index is -4.56. The lowest BCUT2D eigenvalue weighted by atomic mass is 9.65. The summed E-state index contributed by atoms with van der Waals surface area (Å²) in [4.78, 5) is 27.2. The topological polar surface area (TPSA) is 155 Å². The fourth-order valence-electron chi connectivity index (χ4n) is 12.3. The zero-order valence-electron chi connectivity index (χ0n) is 46.6. The molecule has 1 saturated carbocycles. The number of benzene rings is 10. The SMILES string of the molecule is C.C.C.CCc1ccc(C2(c3ccc(Oc4ccc(C(=O)c5ccc(Oc6ccc(C7(c8ccc(Oc9ccc(C(=O)c%10ccc(C)c(S(=O)(=O)O)c%10)cc9SOOO)cc8)CCCCC7)cc6)cc5)cc4)cc3)c3ccccc3-c3ccccc32)cc1. The van der Waals surface area contributed by atoms with Gasteiger partial charge in [-0.25, -0.2) is 5.26 Å². The van der Waals surface area contributed by atoms with Crippen molar-refractivity contribution in [3.05, 3.63) is 297 Å². The molecule has 0 aliphatic heterocycles. The van der Waals surface area contributed by atoms with Gasteiger partial charge in [0.15, 0.2) is 11.6 Å². The zero-order chi connectivity index (χ0) is 58.7. The first-order valence-electron chi connectivity index (χ1n) is 28.1. The van der Waals surface area contributed by atoms with E-state index in [1.807, 2.05) is 48.5 Å². The van der Waals surface area contributed by atoms with Gasteiger partial charge in [0.2, 0.25) is 0 Å². The maximum atomic E-state index is 13.8. The Hall–Kier alpha value is -8.92. The smallest absolute Gasteiger partial charge is 0.294 e. The Morgan fingerprint density at radius 3 is 1.38 bits per heavy atom. The number of rotatable bonds is 19. The van der Waals surface area contributed by atoms with Crippen LogP contribution in [0.15, 0.2) is 240 Å². The van der Waals surface area contributed by atoms with Crippen molar-refractivity contribution in [2.24, 2.45) is 0 Å². The molecule has 11 nitrogen and oxygen atoms in total. The molecule has 0 amide bonds. The molecule has 0 heterocycles. The number of carbonyl (C=O) groups excluding carboxylic acids is 2. The van der Waals surface area contributed by atoms with Crippen LogP contribution in [0, 0.1) is 6.92 Å². The predicted octanol–water partition coefficient (Wildman–Crippen LogP) is 19.6. The van der Waals surface area contributed by atoms with Crippen molar-refractivity contribution in [2.75, 3.05) is 0 Å². The second kappa shape index (κ2) is 27.0. The van der Waals surface area contributed by atoms with E-state index in [2.05, 4.69) is 121 Å². The molecular weight excluding hydrogens is 1140 g/mol. The molecule has 2 aliphatic rings. The number of hydrogen-bond acceptors (Lipinski definition) is 11. The number of ether oxygens (including phenoxy) is 3. The average molecular weight is 1210 g/mol. The molecule has 13 heteroatoms. The summed E-state index contributed by atoms with van der Waals surface area (Å²) >= 11 is 0.616. The van der Waals surface area contributed by atoms with Crippen LogP contribution in [0.5, 0.6) is 34.5 Å². The molecule has 2 N–H and O–H groups in total. The molecule has 0 unspecified atom stereocenters. The highest BCUT2D eigenvalue weighted by Gasteiger charge is 2.46. The zero-order valence-corrected chi connectivity index (χ0v) is 48.2. The van der Waals surface area contributed by atoms with Gasteiger partial charge in [-0.3, -0.25) is 14.1 Å². The van der Waals surface area contributed by atoms with Gasteiger partial charge in [0, 0.05) is 27.7 Å². The van der Waals surface area contributed by atoms with Crippen LogP contribution < -0.4 is 14.2 Å². The van der Waals surface area contributed by atoms with E-state index < -0.39 is 21.3 Å². The lowest BCUT2D eigenvalue weighted by molar-refractivity contribution is -0.432. The van der Waals surface area contributed by atoms with Crippen LogP contribution in [0.3, 0.4) is 0 Å². The second-order valence-electron chi connectivity index (χ2n) is 21.5. The lowest BCUT2D eigenvalue weighted by Gasteiger charge is -2.38. The monoisotopic (exact) mass is 1210 g/mol. The largest absolute Gasteiger partial charge is 0.457 e. The summed E-state index contributed by atoms with van der Waals surface area (Å²) in [5, 5.41) is 12.8. The van der Waals surface area contributed by atoms with E-state index in [4.69, 9.17) is 23.8 Å². The average Bonchev–Trinajstić information content (AvgIpc) is 1.54. The predicted molar refractivity (Wildman–Crippen MR) is 348 cm³/mol. The van der Waals surface area contributed by atoms with Gasteiger partial charge in [-0.2, -0.15) is 8.42 Å². The van der Waals surface area contributed by atoms with Crippen LogP contribution >= 0.6 is 12.0 Å². The van der Waals surface area contributed by atoms with Crippen molar-refractivity contribution in [3.63, 3.8) is 0 Å². The first-order chi connectivity index (χ1) is 41.3. The van der Waals surface area contributed by atoms with Crippen molar-refractivity contribution < 1.29 is 51.4 Å². The number of carbonyl (C=O) groups is 2. The Balaban J connectivity index is 0.00000307. The Kier molecular flexibility index (Phi) is 19.5. The van der Waals surface area contributed by atoms with Crippen LogP contribution in [0.25, 0.3) is 11.1 Å². The van der Waals surface area contributed by atoms with E-state index in [0.29, 0.717) is 57.7 Å². The van der Waals surface area contributed by atoms with Crippen molar-refractivity contribution in [2.45, 2.75) is 95.3 Å². The van der Waals surface area contributed by atoms with Gasteiger partial charge in [0.25, 0.3) is 10.1 Å². The van der Waals surface area contributed by atoms with Crippen molar-refractivity contribution in [1.29, 1.82) is 0 Å². The van der Waals surface area contributed by atoms with Gasteiger partial charge in [-0.05, 0) is 191 Å². The Morgan fingerprint density at radius 2 is 0.898 bits per heavy atom. The van der Waals surface area contributed by atoms with Gasteiger partial charge in [-0.1, -0.05) is 175 Å². The summed E-state index contributed by atoms with van der Waals surface area (Å²) in [7, 11) is -4.56. The highest BCUT2D eigenvalue weighted by Crippen LogP contribution is 2.56. The van der Waals surface area contributed by atoms with Gasteiger partial charge in [0.05, 0.1) is 27.2 Å².